The molecular weight excluding hydrogens is 440 g/mol. The summed E-state index contributed by atoms with van der Waals surface area (Å²) < 4.78 is 11.6. The molecular formula is C26H19ClN2O2S. The molecule has 0 unspecified atom stereocenters. The number of rotatable bonds is 7. The first-order valence-corrected chi connectivity index (χ1v) is 11.1. The van der Waals surface area contributed by atoms with E-state index in [2.05, 4.69) is 11.1 Å². The predicted octanol–water partition coefficient (Wildman–Crippen LogP) is 7.12. The van der Waals surface area contributed by atoms with Gasteiger partial charge in [-0.25, -0.2) is 4.98 Å². The van der Waals surface area contributed by atoms with Crippen LogP contribution in [-0.4, -0.2) is 12.1 Å². The third-order valence-electron chi connectivity index (χ3n) is 4.75. The van der Waals surface area contributed by atoms with Crippen LogP contribution in [0.15, 0.2) is 78.2 Å². The first-order valence-electron chi connectivity index (χ1n) is 9.85. The van der Waals surface area contributed by atoms with Crippen LogP contribution in [-0.2, 0) is 6.61 Å². The Morgan fingerprint density at radius 1 is 1.06 bits per heavy atom. The van der Waals surface area contributed by atoms with Gasteiger partial charge < -0.3 is 9.47 Å². The molecule has 0 saturated heterocycles. The highest BCUT2D eigenvalue weighted by Crippen LogP contribution is 2.35. The van der Waals surface area contributed by atoms with Gasteiger partial charge in [0.05, 0.1) is 18.4 Å². The van der Waals surface area contributed by atoms with E-state index in [0.29, 0.717) is 33.7 Å². The van der Waals surface area contributed by atoms with Gasteiger partial charge in [-0.05, 0) is 29.8 Å². The van der Waals surface area contributed by atoms with Crippen LogP contribution in [0, 0.1) is 11.3 Å². The minimum absolute atomic E-state index is 0.391. The van der Waals surface area contributed by atoms with E-state index in [1.165, 1.54) is 11.3 Å². The van der Waals surface area contributed by atoms with Crippen molar-refractivity contribution in [2.45, 2.75) is 6.61 Å². The van der Waals surface area contributed by atoms with Crippen LogP contribution in [0.25, 0.3) is 22.9 Å². The Morgan fingerprint density at radius 2 is 1.84 bits per heavy atom. The maximum absolute atomic E-state index is 9.84. The van der Waals surface area contributed by atoms with E-state index in [4.69, 9.17) is 21.1 Å². The predicted molar refractivity (Wildman–Crippen MR) is 130 cm³/mol. The standard InChI is InChI=1S/C26H19ClN2O2S/c1-30-24-9-5-8-20(25(24)31-16-18-6-3-2-4-7-18)14-21(15-28)26-29-23(17-32-26)19-10-12-22(27)13-11-19/h2-14,17H,16H2,1H3/b21-14-. The second-order valence-electron chi connectivity index (χ2n) is 6.87. The van der Waals surface area contributed by atoms with E-state index in [9.17, 15) is 5.26 Å². The smallest absolute Gasteiger partial charge is 0.168 e. The van der Waals surface area contributed by atoms with Crippen molar-refractivity contribution in [3.05, 3.63) is 99.3 Å². The summed E-state index contributed by atoms with van der Waals surface area (Å²) in [6.07, 6.45) is 1.79. The van der Waals surface area contributed by atoms with E-state index in [1.807, 2.05) is 78.2 Å². The van der Waals surface area contributed by atoms with Crippen molar-refractivity contribution in [3.8, 4) is 28.8 Å². The van der Waals surface area contributed by atoms with Gasteiger partial charge >= 0.3 is 0 Å². The molecule has 0 atom stereocenters. The molecule has 0 aliphatic carbocycles. The number of halogens is 1. The van der Waals surface area contributed by atoms with Crippen LogP contribution in [0.5, 0.6) is 11.5 Å². The number of benzene rings is 3. The van der Waals surface area contributed by atoms with E-state index in [-0.39, 0.29) is 0 Å². The minimum atomic E-state index is 0.391. The molecule has 158 valence electrons. The zero-order chi connectivity index (χ0) is 22.3. The Balaban J connectivity index is 1.66. The number of methoxy groups -OCH3 is 1. The zero-order valence-electron chi connectivity index (χ0n) is 17.3. The molecule has 1 heterocycles. The number of allylic oxidation sites excluding steroid dienone is 1. The fourth-order valence-electron chi connectivity index (χ4n) is 3.14. The van der Waals surface area contributed by atoms with E-state index in [0.717, 1.165) is 22.4 Å². The molecule has 6 heteroatoms. The Bertz CT molecular complexity index is 1280. The lowest BCUT2D eigenvalue weighted by Gasteiger charge is -2.13. The maximum Gasteiger partial charge on any atom is 0.168 e. The number of aromatic nitrogens is 1. The average molecular weight is 459 g/mol. The number of hydrogen-bond donors (Lipinski definition) is 0. The molecule has 0 spiro atoms. The van der Waals surface area contributed by atoms with E-state index in [1.54, 1.807) is 13.2 Å². The maximum atomic E-state index is 9.84. The van der Waals surface area contributed by atoms with Gasteiger partial charge in [-0.2, -0.15) is 5.26 Å². The van der Waals surface area contributed by atoms with Crippen LogP contribution >= 0.6 is 22.9 Å². The molecule has 32 heavy (non-hydrogen) atoms. The Labute approximate surface area is 196 Å². The Hall–Kier alpha value is -3.59. The normalized spacial score (nSPS) is 11.1. The molecule has 0 fully saturated rings. The summed E-state index contributed by atoms with van der Waals surface area (Å²) in [7, 11) is 1.60. The lowest BCUT2D eigenvalue weighted by Crippen LogP contribution is -1.99. The van der Waals surface area contributed by atoms with Gasteiger partial charge in [0.25, 0.3) is 0 Å². The van der Waals surface area contributed by atoms with Gasteiger partial charge in [0.15, 0.2) is 11.5 Å². The first-order chi connectivity index (χ1) is 15.7. The van der Waals surface area contributed by atoms with E-state index >= 15 is 0 Å². The monoisotopic (exact) mass is 458 g/mol. The van der Waals surface area contributed by atoms with Crippen LogP contribution in [0.1, 0.15) is 16.1 Å². The first kappa shape index (κ1) is 21.6. The third-order valence-corrected chi connectivity index (χ3v) is 5.88. The highest BCUT2D eigenvalue weighted by Gasteiger charge is 2.14. The summed E-state index contributed by atoms with van der Waals surface area (Å²) in [5, 5.41) is 13.1. The van der Waals surface area contributed by atoms with Gasteiger partial charge in [0, 0.05) is 21.5 Å². The molecule has 1 aromatic heterocycles. The number of nitriles is 1. The zero-order valence-corrected chi connectivity index (χ0v) is 18.9. The van der Waals surface area contributed by atoms with Crippen LogP contribution < -0.4 is 9.47 Å². The van der Waals surface area contributed by atoms with Crippen molar-refractivity contribution < 1.29 is 9.47 Å². The highest BCUT2D eigenvalue weighted by atomic mass is 35.5. The number of ether oxygens (including phenoxy) is 2. The van der Waals surface area contributed by atoms with Gasteiger partial charge in [-0.1, -0.05) is 66.2 Å². The van der Waals surface area contributed by atoms with Crippen molar-refractivity contribution in [1.82, 2.24) is 4.98 Å². The molecule has 4 rings (SSSR count). The van der Waals surface area contributed by atoms with Crippen molar-refractivity contribution in [3.63, 3.8) is 0 Å². The average Bonchev–Trinajstić information content (AvgIpc) is 3.32. The number of thiazole rings is 1. The Kier molecular flexibility index (Phi) is 6.86. The molecule has 0 amide bonds. The lowest BCUT2D eigenvalue weighted by molar-refractivity contribution is 0.284. The quantitative estimate of drug-likeness (QED) is 0.277. The van der Waals surface area contributed by atoms with Gasteiger partial charge in [-0.3, -0.25) is 0 Å². The molecule has 0 aliphatic rings. The second-order valence-corrected chi connectivity index (χ2v) is 8.16. The summed E-state index contributed by atoms with van der Waals surface area (Å²) in [6, 6.07) is 25.2. The summed E-state index contributed by atoms with van der Waals surface area (Å²) >= 11 is 7.40. The summed E-state index contributed by atoms with van der Waals surface area (Å²) in [6.45, 7) is 0.391. The number of nitrogens with zero attached hydrogens (tertiary/aromatic N) is 2. The molecule has 4 aromatic rings. The highest BCUT2D eigenvalue weighted by molar-refractivity contribution is 7.11. The third kappa shape index (κ3) is 5.00. The molecule has 0 radical (unpaired) electrons. The molecule has 0 bridgehead atoms. The van der Waals surface area contributed by atoms with Gasteiger partial charge in [0.2, 0.25) is 0 Å². The van der Waals surface area contributed by atoms with E-state index < -0.39 is 0 Å². The molecule has 4 nitrogen and oxygen atoms in total. The fourth-order valence-corrected chi connectivity index (χ4v) is 4.06. The number of para-hydroxylation sites is 1. The number of hydrogen-bond acceptors (Lipinski definition) is 5. The van der Waals surface area contributed by atoms with Crippen molar-refractivity contribution in [2.75, 3.05) is 7.11 Å². The topological polar surface area (TPSA) is 55.1 Å². The molecule has 0 aliphatic heterocycles. The van der Waals surface area contributed by atoms with Gasteiger partial charge in [-0.15, -0.1) is 11.3 Å². The largest absolute Gasteiger partial charge is 0.493 e. The minimum Gasteiger partial charge on any atom is -0.493 e. The summed E-state index contributed by atoms with van der Waals surface area (Å²) in [4.78, 5) is 4.66. The Morgan fingerprint density at radius 3 is 2.56 bits per heavy atom. The van der Waals surface area contributed by atoms with Gasteiger partial charge in [0.1, 0.15) is 17.7 Å². The molecule has 3 aromatic carbocycles. The van der Waals surface area contributed by atoms with Crippen molar-refractivity contribution >= 4 is 34.6 Å². The second kappa shape index (κ2) is 10.1. The van der Waals surface area contributed by atoms with Crippen molar-refractivity contribution in [1.29, 1.82) is 5.26 Å². The fraction of sp³-hybridized carbons (Fsp3) is 0.0769. The van der Waals surface area contributed by atoms with Crippen LogP contribution in [0.3, 0.4) is 0 Å². The SMILES string of the molecule is COc1cccc(/C=C(/C#N)c2nc(-c3ccc(Cl)cc3)cs2)c1OCc1ccccc1. The summed E-state index contributed by atoms with van der Waals surface area (Å²) in [5.74, 6) is 1.19. The van der Waals surface area contributed by atoms with Crippen LogP contribution in [0.4, 0.5) is 0 Å². The molecule has 0 saturated carbocycles. The summed E-state index contributed by atoms with van der Waals surface area (Å²) in [5.41, 5.74) is 3.99. The van der Waals surface area contributed by atoms with Crippen LogP contribution in [0.2, 0.25) is 5.02 Å². The lowest BCUT2D eigenvalue weighted by atomic mass is 10.1. The van der Waals surface area contributed by atoms with Crippen molar-refractivity contribution in [2.24, 2.45) is 0 Å². The molecule has 0 N–H and O–H groups in total.